The number of fused-ring (bicyclic) bond motifs is 2. The molecule has 1 aliphatic rings. The van der Waals surface area contributed by atoms with Gasteiger partial charge in [-0.2, -0.15) is 0 Å². The van der Waals surface area contributed by atoms with Crippen LogP contribution >= 0.6 is 11.3 Å². The number of carbonyl (C=O) groups is 2. The van der Waals surface area contributed by atoms with Crippen molar-refractivity contribution < 1.29 is 14.3 Å². The molecule has 114 valence electrons. The summed E-state index contributed by atoms with van der Waals surface area (Å²) in [4.78, 5) is 28.7. The van der Waals surface area contributed by atoms with Crippen LogP contribution in [0.3, 0.4) is 0 Å². The molecule has 0 spiro atoms. The molecule has 1 amide bonds. The number of nitrogens with one attached hydrogen (secondary N) is 1. The first-order valence-corrected chi connectivity index (χ1v) is 7.98. The van der Waals surface area contributed by atoms with Crippen LogP contribution in [0.25, 0.3) is 10.2 Å². The number of cyclic esters (lactones) is 1. The molecule has 3 aromatic rings. The summed E-state index contributed by atoms with van der Waals surface area (Å²) in [5, 5.41) is 3.25. The number of aromatic nitrogens is 1. The zero-order valence-electron chi connectivity index (χ0n) is 12.0. The second-order valence-corrected chi connectivity index (χ2v) is 6.26. The molecule has 0 fully saturated rings. The molecular weight excluding hydrogens is 312 g/mol. The number of hydrogen-bond donors (Lipinski definition) is 1. The molecule has 2 aromatic carbocycles. The number of rotatable bonds is 2. The van der Waals surface area contributed by atoms with Crippen molar-refractivity contribution in [2.75, 3.05) is 5.32 Å². The first kappa shape index (κ1) is 13.9. The summed E-state index contributed by atoms with van der Waals surface area (Å²) in [6, 6.07) is 14.8. The zero-order chi connectivity index (χ0) is 15.8. The van der Waals surface area contributed by atoms with Crippen molar-refractivity contribution >= 4 is 38.6 Å². The first-order valence-electron chi connectivity index (χ1n) is 7.16. The van der Waals surface area contributed by atoms with Gasteiger partial charge in [-0.1, -0.05) is 41.7 Å². The Balaban J connectivity index is 1.55. The molecule has 4 rings (SSSR count). The Morgan fingerprint density at radius 3 is 2.83 bits per heavy atom. The second-order valence-electron chi connectivity index (χ2n) is 5.23. The van der Waals surface area contributed by atoms with E-state index in [-0.39, 0.29) is 5.91 Å². The van der Waals surface area contributed by atoms with Gasteiger partial charge in [0, 0.05) is 6.42 Å². The minimum absolute atomic E-state index is 0.355. The normalized spacial score (nSPS) is 16.7. The number of benzene rings is 2. The fraction of sp³-hybridized carbons (Fsp3) is 0.118. The van der Waals surface area contributed by atoms with Crippen LogP contribution in [-0.4, -0.2) is 23.0 Å². The van der Waals surface area contributed by atoms with Gasteiger partial charge in [-0.15, -0.1) is 0 Å². The number of esters is 1. The molecule has 0 radical (unpaired) electrons. The van der Waals surface area contributed by atoms with Crippen LogP contribution in [0.15, 0.2) is 48.5 Å². The van der Waals surface area contributed by atoms with E-state index < -0.39 is 12.1 Å². The summed E-state index contributed by atoms with van der Waals surface area (Å²) < 4.78 is 6.24. The topological polar surface area (TPSA) is 68.3 Å². The number of ether oxygens (including phenoxy) is 1. The summed E-state index contributed by atoms with van der Waals surface area (Å²) in [7, 11) is 0. The second kappa shape index (κ2) is 5.48. The van der Waals surface area contributed by atoms with Crippen LogP contribution in [0.4, 0.5) is 5.13 Å². The largest absolute Gasteiger partial charge is 0.448 e. The van der Waals surface area contributed by atoms with Crippen molar-refractivity contribution in [1.29, 1.82) is 0 Å². The number of amides is 1. The van der Waals surface area contributed by atoms with E-state index in [0.29, 0.717) is 17.1 Å². The van der Waals surface area contributed by atoms with Gasteiger partial charge in [0.15, 0.2) is 11.2 Å². The maximum absolute atomic E-state index is 12.4. The average Bonchev–Trinajstić information content (AvgIpc) is 2.97. The van der Waals surface area contributed by atoms with E-state index in [1.54, 1.807) is 12.1 Å². The molecule has 1 N–H and O–H groups in total. The molecule has 0 saturated heterocycles. The molecular formula is C17H12N2O3S. The standard InChI is InChI=1S/C17H12N2O3S/c20-15(19-17-18-12-7-3-4-8-14(12)23-17)13-9-10-5-1-2-6-11(10)16(21)22-13/h1-8,13H,9H2,(H,18,19,20)/t13-/m0/s1. The maximum Gasteiger partial charge on any atom is 0.339 e. The Kier molecular flexibility index (Phi) is 3.31. The molecule has 0 aliphatic carbocycles. The Bertz CT molecular complexity index is 886. The predicted octanol–water partition coefficient (Wildman–Crippen LogP) is 3.02. The van der Waals surface area contributed by atoms with Crippen LogP contribution in [0.2, 0.25) is 0 Å². The van der Waals surface area contributed by atoms with Crippen molar-refractivity contribution in [2.45, 2.75) is 12.5 Å². The summed E-state index contributed by atoms with van der Waals surface area (Å²) in [5.41, 5.74) is 2.18. The fourth-order valence-electron chi connectivity index (χ4n) is 2.59. The highest BCUT2D eigenvalue weighted by atomic mass is 32.1. The lowest BCUT2D eigenvalue weighted by Crippen LogP contribution is -2.37. The third kappa shape index (κ3) is 2.57. The predicted molar refractivity (Wildman–Crippen MR) is 87.6 cm³/mol. The highest BCUT2D eigenvalue weighted by Gasteiger charge is 2.31. The van der Waals surface area contributed by atoms with Crippen molar-refractivity contribution in [2.24, 2.45) is 0 Å². The van der Waals surface area contributed by atoms with E-state index >= 15 is 0 Å². The molecule has 2 heterocycles. The molecule has 23 heavy (non-hydrogen) atoms. The first-order chi connectivity index (χ1) is 11.2. The number of carbonyl (C=O) groups excluding carboxylic acids is 2. The Morgan fingerprint density at radius 2 is 1.96 bits per heavy atom. The van der Waals surface area contributed by atoms with Crippen LogP contribution in [0, 0.1) is 0 Å². The highest BCUT2D eigenvalue weighted by Crippen LogP contribution is 2.26. The van der Waals surface area contributed by atoms with Gasteiger partial charge in [0.25, 0.3) is 5.91 Å². The van der Waals surface area contributed by atoms with Crippen LogP contribution in [-0.2, 0) is 16.0 Å². The van der Waals surface area contributed by atoms with Gasteiger partial charge in [-0.25, -0.2) is 9.78 Å². The van der Waals surface area contributed by atoms with Gasteiger partial charge < -0.3 is 4.74 Å². The number of para-hydroxylation sites is 1. The molecule has 5 nitrogen and oxygen atoms in total. The van der Waals surface area contributed by atoms with Crippen molar-refractivity contribution in [3.05, 3.63) is 59.7 Å². The van der Waals surface area contributed by atoms with Gasteiger partial charge in [0.2, 0.25) is 0 Å². The Hall–Kier alpha value is -2.73. The number of nitrogens with zero attached hydrogens (tertiary/aromatic N) is 1. The smallest absolute Gasteiger partial charge is 0.339 e. The van der Waals surface area contributed by atoms with E-state index in [4.69, 9.17) is 4.74 Å². The van der Waals surface area contributed by atoms with Crippen molar-refractivity contribution in [3.63, 3.8) is 0 Å². The SMILES string of the molecule is O=C1O[C@H](C(=O)Nc2nc3ccccc3s2)Cc2ccccc21. The van der Waals surface area contributed by atoms with Crippen molar-refractivity contribution in [1.82, 2.24) is 4.98 Å². The van der Waals surface area contributed by atoms with Gasteiger partial charge in [0.05, 0.1) is 15.8 Å². The lowest BCUT2D eigenvalue weighted by Gasteiger charge is -2.23. The van der Waals surface area contributed by atoms with Crippen LogP contribution in [0.1, 0.15) is 15.9 Å². The van der Waals surface area contributed by atoms with Gasteiger partial charge in [-0.3, -0.25) is 10.1 Å². The third-order valence-electron chi connectivity index (χ3n) is 3.71. The van der Waals surface area contributed by atoms with E-state index in [0.717, 1.165) is 15.8 Å². The molecule has 1 atom stereocenters. The molecule has 0 saturated carbocycles. The monoisotopic (exact) mass is 324 g/mol. The number of anilines is 1. The molecule has 0 unspecified atom stereocenters. The Labute approximate surface area is 135 Å². The number of hydrogen-bond acceptors (Lipinski definition) is 5. The lowest BCUT2D eigenvalue weighted by molar-refractivity contribution is -0.125. The zero-order valence-corrected chi connectivity index (χ0v) is 12.8. The minimum atomic E-state index is -0.829. The van der Waals surface area contributed by atoms with E-state index in [2.05, 4.69) is 10.3 Å². The van der Waals surface area contributed by atoms with E-state index in [9.17, 15) is 9.59 Å². The summed E-state index contributed by atoms with van der Waals surface area (Å²) in [6.45, 7) is 0. The summed E-state index contributed by atoms with van der Waals surface area (Å²) in [6.07, 6.45) is -0.456. The summed E-state index contributed by atoms with van der Waals surface area (Å²) in [5.74, 6) is -0.816. The minimum Gasteiger partial charge on any atom is -0.448 e. The summed E-state index contributed by atoms with van der Waals surface area (Å²) >= 11 is 1.39. The third-order valence-corrected chi connectivity index (χ3v) is 4.66. The maximum atomic E-state index is 12.4. The molecule has 6 heteroatoms. The van der Waals surface area contributed by atoms with Gasteiger partial charge >= 0.3 is 5.97 Å². The molecule has 1 aromatic heterocycles. The molecule has 0 bridgehead atoms. The quantitative estimate of drug-likeness (QED) is 0.736. The molecule has 1 aliphatic heterocycles. The fourth-order valence-corrected chi connectivity index (χ4v) is 3.46. The number of thiazole rings is 1. The van der Waals surface area contributed by atoms with E-state index in [1.165, 1.54) is 11.3 Å². The van der Waals surface area contributed by atoms with Gasteiger partial charge in [0.1, 0.15) is 0 Å². The Morgan fingerprint density at radius 1 is 1.17 bits per heavy atom. The highest BCUT2D eigenvalue weighted by molar-refractivity contribution is 7.22. The lowest BCUT2D eigenvalue weighted by atomic mass is 9.98. The van der Waals surface area contributed by atoms with Gasteiger partial charge in [-0.05, 0) is 23.8 Å². The van der Waals surface area contributed by atoms with Crippen LogP contribution < -0.4 is 5.32 Å². The van der Waals surface area contributed by atoms with Crippen molar-refractivity contribution in [3.8, 4) is 0 Å². The average molecular weight is 324 g/mol. The van der Waals surface area contributed by atoms with Crippen LogP contribution in [0.5, 0.6) is 0 Å². The van der Waals surface area contributed by atoms with E-state index in [1.807, 2.05) is 36.4 Å².